The predicted molar refractivity (Wildman–Crippen MR) is 59.1 cm³/mol. The van der Waals surface area contributed by atoms with Crippen molar-refractivity contribution in [2.24, 2.45) is 5.73 Å². The van der Waals surface area contributed by atoms with Crippen LogP contribution in [0.15, 0.2) is 23.4 Å². The molecule has 0 spiro atoms. The van der Waals surface area contributed by atoms with E-state index in [0.29, 0.717) is 0 Å². The van der Waals surface area contributed by atoms with Crippen LogP contribution in [-0.4, -0.2) is 24.6 Å². The van der Waals surface area contributed by atoms with Gasteiger partial charge in [0.05, 0.1) is 16.8 Å². The summed E-state index contributed by atoms with van der Waals surface area (Å²) in [5.74, 6) is -0.876. The van der Waals surface area contributed by atoms with Crippen molar-refractivity contribution in [2.45, 2.75) is 23.5 Å². The molecule has 0 saturated heterocycles. The van der Waals surface area contributed by atoms with Gasteiger partial charge in [0.2, 0.25) is 5.91 Å². The van der Waals surface area contributed by atoms with Crippen LogP contribution in [0.3, 0.4) is 0 Å². The maximum atomic E-state index is 12.0. The van der Waals surface area contributed by atoms with Gasteiger partial charge in [-0.2, -0.15) is 0 Å². The molecule has 0 aliphatic carbocycles. The molecule has 0 bridgehead atoms. The van der Waals surface area contributed by atoms with E-state index in [2.05, 4.69) is 4.98 Å². The average molecular weight is 243 g/mol. The minimum atomic E-state index is -3.82. The number of aromatic nitrogens is 1. The number of rotatable bonds is 4. The second kappa shape index (κ2) is 4.48. The highest BCUT2D eigenvalue weighted by atomic mass is 32.2. The number of nitrogens with zero attached hydrogens (tertiary/aromatic N) is 1. The van der Waals surface area contributed by atoms with Gasteiger partial charge in [-0.3, -0.25) is 9.78 Å². The second-order valence-corrected chi connectivity index (χ2v) is 5.36. The Morgan fingerprint density at radius 2 is 2.19 bits per heavy atom. The number of anilines is 1. The molecule has 1 atom stereocenters. The second-order valence-electron chi connectivity index (χ2n) is 3.26. The molecular formula is C9H13N3O3S. The monoisotopic (exact) mass is 243 g/mol. The van der Waals surface area contributed by atoms with Crippen LogP contribution in [0, 0.1) is 0 Å². The van der Waals surface area contributed by atoms with Crippen LogP contribution in [0.1, 0.15) is 13.3 Å². The van der Waals surface area contributed by atoms with Gasteiger partial charge in [0.25, 0.3) is 0 Å². The van der Waals surface area contributed by atoms with Crippen molar-refractivity contribution in [2.75, 3.05) is 5.73 Å². The summed E-state index contributed by atoms with van der Waals surface area (Å²) in [4.78, 5) is 14.6. The number of pyridine rings is 1. The Balaban J connectivity index is 3.32. The highest BCUT2D eigenvalue weighted by Crippen LogP contribution is 2.22. The Morgan fingerprint density at radius 3 is 2.62 bits per heavy atom. The zero-order valence-electron chi connectivity index (χ0n) is 8.75. The van der Waals surface area contributed by atoms with Crippen LogP contribution in [0.5, 0.6) is 0 Å². The molecule has 4 N–H and O–H groups in total. The Hall–Kier alpha value is -1.63. The van der Waals surface area contributed by atoms with Crippen LogP contribution < -0.4 is 11.5 Å². The number of nitrogens with two attached hydrogens (primary N) is 2. The van der Waals surface area contributed by atoms with Gasteiger partial charge >= 0.3 is 0 Å². The fourth-order valence-electron chi connectivity index (χ4n) is 1.38. The van der Waals surface area contributed by atoms with Gasteiger partial charge in [-0.05, 0) is 12.5 Å². The first-order valence-corrected chi connectivity index (χ1v) is 6.18. The van der Waals surface area contributed by atoms with E-state index in [1.807, 2.05) is 0 Å². The molecule has 1 unspecified atom stereocenters. The topological polar surface area (TPSA) is 116 Å². The number of hydrogen-bond donors (Lipinski definition) is 2. The lowest BCUT2D eigenvalue weighted by atomic mass is 10.3. The minimum absolute atomic E-state index is 0.0159. The van der Waals surface area contributed by atoms with E-state index in [9.17, 15) is 13.2 Å². The lowest BCUT2D eigenvalue weighted by Gasteiger charge is -2.13. The molecule has 1 aromatic rings. The third kappa shape index (κ3) is 2.13. The van der Waals surface area contributed by atoms with Crippen molar-refractivity contribution in [3.8, 4) is 0 Å². The van der Waals surface area contributed by atoms with Crippen molar-refractivity contribution >= 4 is 21.4 Å². The molecule has 6 nitrogen and oxygen atoms in total. The van der Waals surface area contributed by atoms with Gasteiger partial charge in [0, 0.05) is 6.20 Å². The van der Waals surface area contributed by atoms with Crippen molar-refractivity contribution in [3.05, 3.63) is 18.5 Å². The molecule has 7 heteroatoms. The normalized spacial score (nSPS) is 13.3. The minimum Gasteiger partial charge on any atom is -0.396 e. The van der Waals surface area contributed by atoms with Gasteiger partial charge in [-0.1, -0.05) is 6.92 Å². The van der Waals surface area contributed by atoms with Crippen LogP contribution >= 0.6 is 0 Å². The van der Waals surface area contributed by atoms with Gasteiger partial charge < -0.3 is 11.5 Å². The van der Waals surface area contributed by atoms with Crippen molar-refractivity contribution in [1.29, 1.82) is 0 Å². The van der Waals surface area contributed by atoms with E-state index < -0.39 is 21.0 Å². The fraction of sp³-hybridized carbons (Fsp3) is 0.333. The standard InChI is InChI=1S/C9H13N3O3S/c1-2-7(9(11)13)16(14,15)8-3-4-12-5-6(8)10/h3-5,7H,2,10H2,1H3,(H2,11,13). The highest BCUT2D eigenvalue weighted by molar-refractivity contribution is 7.93. The quantitative estimate of drug-likeness (QED) is 0.753. The van der Waals surface area contributed by atoms with E-state index in [1.165, 1.54) is 18.5 Å². The first kappa shape index (κ1) is 12.4. The summed E-state index contributed by atoms with van der Waals surface area (Å²) in [5, 5.41) is -1.25. The van der Waals surface area contributed by atoms with Crippen molar-refractivity contribution in [1.82, 2.24) is 4.98 Å². The average Bonchev–Trinajstić information content (AvgIpc) is 2.17. The Kier molecular flexibility index (Phi) is 3.48. The Morgan fingerprint density at radius 1 is 1.56 bits per heavy atom. The zero-order chi connectivity index (χ0) is 12.3. The third-order valence-electron chi connectivity index (χ3n) is 2.18. The van der Waals surface area contributed by atoms with E-state index >= 15 is 0 Å². The summed E-state index contributed by atoms with van der Waals surface area (Å²) >= 11 is 0. The smallest absolute Gasteiger partial charge is 0.236 e. The van der Waals surface area contributed by atoms with E-state index in [4.69, 9.17) is 11.5 Å². The lowest BCUT2D eigenvalue weighted by Crippen LogP contribution is -2.35. The Labute approximate surface area is 93.6 Å². The number of nitrogen functional groups attached to an aromatic ring is 1. The molecule has 88 valence electrons. The summed E-state index contributed by atoms with van der Waals surface area (Å²) in [6, 6.07) is 1.26. The molecule has 1 aromatic heterocycles. The van der Waals surface area contributed by atoms with Gasteiger partial charge in [-0.15, -0.1) is 0 Å². The molecule has 0 radical (unpaired) electrons. The summed E-state index contributed by atoms with van der Waals surface area (Å²) < 4.78 is 24.0. The SMILES string of the molecule is CCC(C(N)=O)S(=O)(=O)c1ccncc1N. The largest absolute Gasteiger partial charge is 0.396 e. The first-order valence-electron chi connectivity index (χ1n) is 4.64. The number of amides is 1. The maximum absolute atomic E-state index is 12.0. The fourth-order valence-corrected chi connectivity index (χ4v) is 3.06. The molecule has 16 heavy (non-hydrogen) atoms. The predicted octanol–water partition coefficient (Wildman–Crippen LogP) is -0.299. The van der Waals surface area contributed by atoms with Gasteiger partial charge in [0.15, 0.2) is 9.84 Å². The van der Waals surface area contributed by atoms with Gasteiger partial charge in [-0.25, -0.2) is 8.42 Å². The number of primary amides is 1. The summed E-state index contributed by atoms with van der Waals surface area (Å²) in [6.07, 6.45) is 2.64. The first-order chi connectivity index (χ1) is 7.41. The molecular weight excluding hydrogens is 230 g/mol. The van der Waals surface area contributed by atoms with Crippen LogP contribution in [0.25, 0.3) is 0 Å². The highest BCUT2D eigenvalue weighted by Gasteiger charge is 2.32. The molecule has 0 saturated carbocycles. The molecule has 0 aromatic carbocycles. The molecule has 0 aliphatic heterocycles. The molecule has 0 fully saturated rings. The molecule has 1 amide bonds. The molecule has 0 aliphatic rings. The third-order valence-corrected chi connectivity index (χ3v) is 4.48. The number of hydrogen-bond acceptors (Lipinski definition) is 5. The number of sulfone groups is 1. The van der Waals surface area contributed by atoms with Crippen molar-refractivity contribution < 1.29 is 13.2 Å². The van der Waals surface area contributed by atoms with Crippen LogP contribution in [-0.2, 0) is 14.6 Å². The van der Waals surface area contributed by atoms with E-state index in [1.54, 1.807) is 6.92 Å². The van der Waals surface area contributed by atoms with Gasteiger partial charge in [0.1, 0.15) is 5.25 Å². The van der Waals surface area contributed by atoms with E-state index in [-0.39, 0.29) is 17.0 Å². The Bertz CT molecular complexity index is 498. The van der Waals surface area contributed by atoms with Crippen LogP contribution in [0.4, 0.5) is 5.69 Å². The number of carbonyl (C=O) groups excluding carboxylic acids is 1. The lowest BCUT2D eigenvalue weighted by molar-refractivity contribution is -0.117. The van der Waals surface area contributed by atoms with Crippen LogP contribution in [0.2, 0.25) is 0 Å². The summed E-state index contributed by atoms with van der Waals surface area (Å²) in [5.41, 5.74) is 10.6. The van der Waals surface area contributed by atoms with E-state index in [0.717, 1.165) is 0 Å². The molecule has 1 rings (SSSR count). The maximum Gasteiger partial charge on any atom is 0.236 e. The number of carbonyl (C=O) groups is 1. The summed E-state index contributed by atoms with van der Waals surface area (Å²) in [6.45, 7) is 1.57. The van der Waals surface area contributed by atoms with Crippen molar-refractivity contribution in [3.63, 3.8) is 0 Å². The summed E-state index contributed by atoms with van der Waals surface area (Å²) in [7, 11) is -3.82. The molecule has 1 heterocycles. The zero-order valence-corrected chi connectivity index (χ0v) is 9.57.